The minimum atomic E-state index is -0.258. The van der Waals surface area contributed by atoms with Gasteiger partial charge < -0.3 is 14.4 Å². The molecule has 0 aliphatic rings. The van der Waals surface area contributed by atoms with Gasteiger partial charge in [0.2, 0.25) is 0 Å². The van der Waals surface area contributed by atoms with E-state index < -0.39 is 0 Å². The van der Waals surface area contributed by atoms with Gasteiger partial charge in [-0.3, -0.25) is 4.79 Å². The summed E-state index contributed by atoms with van der Waals surface area (Å²) in [5.74, 6) is 0.344. The summed E-state index contributed by atoms with van der Waals surface area (Å²) in [6.07, 6.45) is 0.201. The zero-order valence-electron chi connectivity index (χ0n) is 14.0. The van der Waals surface area contributed by atoms with Crippen LogP contribution in [0.1, 0.15) is 11.1 Å². The molecule has 0 radical (unpaired) electrons. The van der Waals surface area contributed by atoms with E-state index in [9.17, 15) is 4.79 Å². The summed E-state index contributed by atoms with van der Waals surface area (Å²) in [5.41, 5.74) is 1.88. The van der Waals surface area contributed by atoms with Gasteiger partial charge in [-0.2, -0.15) is 0 Å². The minimum absolute atomic E-state index is 0.201. The van der Waals surface area contributed by atoms with Gasteiger partial charge in [0.15, 0.2) is 0 Å². The second-order valence-corrected chi connectivity index (χ2v) is 6.15. The molecular weight excluding hydrogens is 326 g/mol. The Labute approximate surface area is 147 Å². The van der Waals surface area contributed by atoms with E-state index in [1.54, 1.807) is 12.1 Å². The number of hydrogen-bond acceptors (Lipinski definition) is 4. The molecule has 0 unspecified atom stereocenters. The van der Waals surface area contributed by atoms with Crippen LogP contribution in [-0.4, -0.2) is 38.1 Å². The van der Waals surface area contributed by atoms with Crippen LogP contribution in [0.3, 0.4) is 0 Å². The number of carbonyl (C=O) groups is 1. The Hall–Kier alpha value is -2.04. The smallest absolute Gasteiger partial charge is 0.310 e. The summed E-state index contributed by atoms with van der Waals surface area (Å²) in [4.78, 5) is 13.7. The molecule has 0 spiro atoms. The third kappa shape index (κ3) is 6.22. The van der Waals surface area contributed by atoms with Crippen molar-refractivity contribution in [2.24, 2.45) is 0 Å². The Bertz CT molecular complexity index is 659. The molecule has 0 saturated heterocycles. The maximum Gasteiger partial charge on any atom is 0.310 e. The fourth-order valence-electron chi connectivity index (χ4n) is 2.07. The van der Waals surface area contributed by atoms with E-state index >= 15 is 0 Å². The molecular formula is C19H22ClNO3. The molecule has 0 bridgehead atoms. The minimum Gasteiger partial charge on any atom is -0.487 e. The van der Waals surface area contributed by atoms with Crippen LogP contribution in [-0.2, 0) is 22.6 Å². The summed E-state index contributed by atoms with van der Waals surface area (Å²) in [6.45, 7) is 1.54. The van der Waals surface area contributed by atoms with Crippen molar-refractivity contribution in [2.75, 3.05) is 27.2 Å². The van der Waals surface area contributed by atoms with Crippen molar-refractivity contribution in [1.29, 1.82) is 0 Å². The molecule has 5 heteroatoms. The third-order valence-electron chi connectivity index (χ3n) is 3.38. The van der Waals surface area contributed by atoms with Gasteiger partial charge in [-0.15, -0.1) is 0 Å². The van der Waals surface area contributed by atoms with Gasteiger partial charge in [-0.1, -0.05) is 48.0 Å². The standard InChI is InChI=1S/C19H22ClNO3/c1-21(2)10-11-23-19(22)13-16-8-9-18(17(20)12-16)24-14-15-6-4-3-5-7-15/h3-9,12H,10-11,13-14H2,1-2H3. The number of benzene rings is 2. The topological polar surface area (TPSA) is 38.8 Å². The van der Waals surface area contributed by atoms with Crippen molar-refractivity contribution in [3.05, 3.63) is 64.7 Å². The molecule has 0 saturated carbocycles. The van der Waals surface area contributed by atoms with Crippen molar-refractivity contribution in [2.45, 2.75) is 13.0 Å². The maximum absolute atomic E-state index is 11.8. The molecule has 24 heavy (non-hydrogen) atoms. The second-order valence-electron chi connectivity index (χ2n) is 5.74. The summed E-state index contributed by atoms with van der Waals surface area (Å²) in [6, 6.07) is 15.2. The van der Waals surface area contributed by atoms with E-state index in [2.05, 4.69) is 0 Å². The Kier molecular flexibility index (Phi) is 7.09. The molecule has 2 aromatic carbocycles. The molecule has 0 heterocycles. The Morgan fingerprint density at radius 3 is 2.50 bits per heavy atom. The van der Waals surface area contributed by atoms with Crippen LogP contribution >= 0.6 is 11.6 Å². The molecule has 2 aromatic rings. The zero-order chi connectivity index (χ0) is 17.4. The van der Waals surface area contributed by atoms with Crippen LogP contribution in [0, 0.1) is 0 Å². The Balaban J connectivity index is 1.86. The lowest BCUT2D eigenvalue weighted by Crippen LogP contribution is -2.20. The molecule has 0 aromatic heterocycles. The fourth-order valence-corrected chi connectivity index (χ4v) is 2.32. The molecule has 0 amide bonds. The van der Waals surface area contributed by atoms with Gasteiger partial charge in [0, 0.05) is 6.54 Å². The summed E-state index contributed by atoms with van der Waals surface area (Å²) in [5, 5.41) is 0.490. The number of rotatable bonds is 8. The molecule has 128 valence electrons. The molecule has 4 nitrogen and oxygen atoms in total. The van der Waals surface area contributed by atoms with Gasteiger partial charge in [-0.05, 0) is 37.4 Å². The number of nitrogens with zero attached hydrogens (tertiary/aromatic N) is 1. The lowest BCUT2D eigenvalue weighted by molar-refractivity contribution is -0.143. The number of carbonyl (C=O) groups excluding carboxylic acids is 1. The van der Waals surface area contributed by atoms with Crippen LogP contribution in [0.2, 0.25) is 5.02 Å². The highest BCUT2D eigenvalue weighted by atomic mass is 35.5. The molecule has 0 aliphatic heterocycles. The highest BCUT2D eigenvalue weighted by Crippen LogP contribution is 2.26. The average molecular weight is 348 g/mol. The number of ether oxygens (including phenoxy) is 2. The summed E-state index contributed by atoms with van der Waals surface area (Å²) >= 11 is 6.24. The third-order valence-corrected chi connectivity index (χ3v) is 3.68. The lowest BCUT2D eigenvalue weighted by atomic mass is 10.1. The lowest BCUT2D eigenvalue weighted by Gasteiger charge is -2.11. The summed E-state index contributed by atoms with van der Waals surface area (Å²) < 4.78 is 10.9. The van der Waals surface area contributed by atoms with Crippen molar-refractivity contribution >= 4 is 17.6 Å². The number of halogens is 1. The predicted molar refractivity (Wildman–Crippen MR) is 95.4 cm³/mol. The monoisotopic (exact) mass is 347 g/mol. The first-order valence-electron chi connectivity index (χ1n) is 7.80. The Morgan fingerprint density at radius 1 is 1.08 bits per heavy atom. The molecule has 0 aliphatic carbocycles. The summed E-state index contributed by atoms with van der Waals surface area (Å²) in [7, 11) is 3.86. The fraction of sp³-hybridized carbons (Fsp3) is 0.316. The van der Waals surface area contributed by atoms with Gasteiger partial charge >= 0.3 is 5.97 Å². The van der Waals surface area contributed by atoms with Crippen LogP contribution < -0.4 is 4.74 Å². The molecule has 0 fully saturated rings. The van der Waals surface area contributed by atoms with Crippen molar-refractivity contribution in [3.8, 4) is 5.75 Å². The first kappa shape index (κ1) is 18.3. The van der Waals surface area contributed by atoms with Crippen LogP contribution in [0.5, 0.6) is 5.75 Å². The highest BCUT2D eigenvalue weighted by molar-refractivity contribution is 6.32. The largest absolute Gasteiger partial charge is 0.487 e. The predicted octanol–water partition coefficient (Wildman–Crippen LogP) is 3.57. The average Bonchev–Trinajstić information content (AvgIpc) is 2.54. The quantitative estimate of drug-likeness (QED) is 0.684. The van der Waals surface area contributed by atoms with Gasteiger partial charge in [-0.25, -0.2) is 0 Å². The normalized spacial score (nSPS) is 10.7. The molecule has 2 rings (SSSR count). The molecule has 0 atom stereocenters. The Morgan fingerprint density at radius 2 is 1.83 bits per heavy atom. The SMILES string of the molecule is CN(C)CCOC(=O)Cc1ccc(OCc2ccccc2)c(Cl)c1. The number of esters is 1. The van der Waals surface area contributed by atoms with Gasteiger partial charge in [0.05, 0.1) is 11.4 Å². The van der Waals surface area contributed by atoms with E-state index in [1.807, 2.05) is 55.4 Å². The van der Waals surface area contributed by atoms with E-state index in [0.29, 0.717) is 30.5 Å². The van der Waals surface area contributed by atoms with Crippen LogP contribution in [0.4, 0.5) is 0 Å². The van der Waals surface area contributed by atoms with E-state index in [0.717, 1.165) is 11.1 Å². The number of likely N-dealkylation sites (N-methyl/N-ethyl adjacent to an activating group) is 1. The van der Waals surface area contributed by atoms with Crippen molar-refractivity contribution in [3.63, 3.8) is 0 Å². The first-order valence-corrected chi connectivity index (χ1v) is 8.18. The van der Waals surface area contributed by atoms with Crippen LogP contribution in [0.15, 0.2) is 48.5 Å². The van der Waals surface area contributed by atoms with Crippen molar-refractivity contribution in [1.82, 2.24) is 4.90 Å². The highest BCUT2D eigenvalue weighted by Gasteiger charge is 2.09. The van der Waals surface area contributed by atoms with E-state index in [1.165, 1.54) is 0 Å². The van der Waals surface area contributed by atoms with Crippen molar-refractivity contribution < 1.29 is 14.3 Å². The maximum atomic E-state index is 11.8. The van der Waals surface area contributed by atoms with Gasteiger partial charge in [0.25, 0.3) is 0 Å². The zero-order valence-corrected chi connectivity index (χ0v) is 14.8. The van der Waals surface area contributed by atoms with Crippen LogP contribution in [0.25, 0.3) is 0 Å². The van der Waals surface area contributed by atoms with E-state index in [-0.39, 0.29) is 12.4 Å². The van der Waals surface area contributed by atoms with Gasteiger partial charge in [0.1, 0.15) is 19.0 Å². The number of hydrogen-bond donors (Lipinski definition) is 0. The van der Waals surface area contributed by atoms with E-state index in [4.69, 9.17) is 21.1 Å². The molecule has 0 N–H and O–H groups in total. The second kappa shape index (κ2) is 9.30. The first-order chi connectivity index (χ1) is 11.5.